The van der Waals surface area contributed by atoms with Crippen molar-refractivity contribution in [3.8, 4) is 5.69 Å². The first-order chi connectivity index (χ1) is 16.5. The van der Waals surface area contributed by atoms with E-state index in [1.54, 1.807) is 33.8 Å². The Hall–Kier alpha value is -3.12. The summed E-state index contributed by atoms with van der Waals surface area (Å²) in [5.41, 5.74) is 3.07. The smallest absolute Gasteiger partial charge is 0.254 e. The van der Waals surface area contributed by atoms with Crippen molar-refractivity contribution in [2.24, 2.45) is 5.92 Å². The molecule has 0 fully saturated rings. The van der Waals surface area contributed by atoms with E-state index in [2.05, 4.69) is 39.9 Å². The van der Waals surface area contributed by atoms with E-state index in [4.69, 9.17) is 16.7 Å². The molecule has 7 heteroatoms. The zero-order chi connectivity index (χ0) is 25.8. The molecular weight excluding hydrogens is 460 g/mol. The van der Waals surface area contributed by atoms with E-state index in [1.807, 2.05) is 37.3 Å². The van der Waals surface area contributed by atoms with Crippen LogP contribution in [-0.4, -0.2) is 39.6 Å². The van der Waals surface area contributed by atoms with Crippen molar-refractivity contribution >= 4 is 29.2 Å². The van der Waals surface area contributed by atoms with Crippen LogP contribution in [0.3, 0.4) is 0 Å². The van der Waals surface area contributed by atoms with Crippen molar-refractivity contribution in [3.63, 3.8) is 0 Å². The van der Waals surface area contributed by atoms with Crippen LogP contribution in [0.4, 0.5) is 5.82 Å². The van der Waals surface area contributed by atoms with Gasteiger partial charge in [0, 0.05) is 28.6 Å². The Labute approximate surface area is 213 Å². The van der Waals surface area contributed by atoms with E-state index in [0.29, 0.717) is 28.9 Å². The van der Waals surface area contributed by atoms with Gasteiger partial charge < -0.3 is 10.2 Å². The summed E-state index contributed by atoms with van der Waals surface area (Å²) >= 11 is 6.10. The fourth-order valence-corrected chi connectivity index (χ4v) is 3.84. The van der Waals surface area contributed by atoms with Crippen molar-refractivity contribution in [2.45, 2.75) is 53.4 Å². The fourth-order valence-electron chi connectivity index (χ4n) is 3.65. The standard InChI is InChI=1S/C28H35ClN4O2/c1-19(2)14-15-32(27(35)21-11-9-12-22(29)16-21)18-26(34)30-25-17-24(28(4,5)6)31-33(25)23-13-8-7-10-20(23)3/h7-13,16-17,19H,14-15,18H2,1-6H3,(H,30,34). The zero-order valence-electron chi connectivity index (χ0n) is 21.4. The molecule has 3 rings (SSSR count). The summed E-state index contributed by atoms with van der Waals surface area (Å²) in [4.78, 5) is 28.0. The average Bonchev–Trinajstić information content (AvgIpc) is 3.20. The second-order valence-corrected chi connectivity index (χ2v) is 10.8. The van der Waals surface area contributed by atoms with Crippen LogP contribution in [0.5, 0.6) is 0 Å². The lowest BCUT2D eigenvalue weighted by molar-refractivity contribution is -0.117. The Morgan fingerprint density at radius 1 is 1.09 bits per heavy atom. The number of carbonyl (C=O) groups excluding carboxylic acids is 2. The Bertz CT molecular complexity index is 1190. The molecule has 1 heterocycles. The molecule has 2 aromatic carbocycles. The van der Waals surface area contributed by atoms with Crippen LogP contribution in [0.2, 0.25) is 5.02 Å². The molecule has 35 heavy (non-hydrogen) atoms. The molecule has 2 amide bonds. The number of hydrogen-bond acceptors (Lipinski definition) is 3. The van der Waals surface area contributed by atoms with Gasteiger partial charge in [-0.15, -0.1) is 0 Å². The molecule has 0 spiro atoms. The first-order valence-electron chi connectivity index (χ1n) is 12.0. The molecule has 3 aromatic rings. The third kappa shape index (κ3) is 6.95. The molecule has 0 atom stereocenters. The van der Waals surface area contributed by atoms with E-state index in [0.717, 1.165) is 23.4 Å². The van der Waals surface area contributed by atoms with Crippen molar-refractivity contribution in [1.82, 2.24) is 14.7 Å². The Kier molecular flexibility index (Phi) is 8.39. The molecular formula is C28H35ClN4O2. The Morgan fingerprint density at radius 2 is 1.80 bits per heavy atom. The first-order valence-corrected chi connectivity index (χ1v) is 12.3. The number of para-hydroxylation sites is 1. The Balaban J connectivity index is 1.88. The maximum absolute atomic E-state index is 13.2. The van der Waals surface area contributed by atoms with Crippen molar-refractivity contribution < 1.29 is 9.59 Å². The van der Waals surface area contributed by atoms with Gasteiger partial charge in [0.05, 0.1) is 11.4 Å². The predicted octanol–water partition coefficient (Wildman–Crippen LogP) is 6.26. The normalized spacial score (nSPS) is 11.5. The third-order valence-corrected chi connectivity index (χ3v) is 5.99. The molecule has 6 nitrogen and oxygen atoms in total. The van der Waals surface area contributed by atoms with Crippen LogP contribution in [0, 0.1) is 12.8 Å². The highest BCUT2D eigenvalue weighted by Crippen LogP contribution is 2.27. The van der Waals surface area contributed by atoms with Gasteiger partial charge in [-0.1, -0.05) is 70.5 Å². The largest absolute Gasteiger partial charge is 0.329 e. The fraction of sp³-hybridized carbons (Fsp3) is 0.393. The number of aromatic nitrogens is 2. The van der Waals surface area contributed by atoms with Gasteiger partial charge in [0.15, 0.2) is 0 Å². The second-order valence-electron chi connectivity index (χ2n) is 10.3. The van der Waals surface area contributed by atoms with Gasteiger partial charge >= 0.3 is 0 Å². The maximum Gasteiger partial charge on any atom is 0.254 e. The van der Waals surface area contributed by atoms with Crippen LogP contribution >= 0.6 is 11.6 Å². The molecule has 0 bridgehead atoms. The van der Waals surface area contributed by atoms with Gasteiger partial charge in [-0.25, -0.2) is 4.68 Å². The van der Waals surface area contributed by atoms with Gasteiger partial charge in [0.1, 0.15) is 12.4 Å². The lowest BCUT2D eigenvalue weighted by atomic mass is 9.92. The van der Waals surface area contributed by atoms with E-state index in [-0.39, 0.29) is 23.8 Å². The predicted molar refractivity (Wildman–Crippen MR) is 142 cm³/mol. The quantitative estimate of drug-likeness (QED) is 0.402. The van der Waals surface area contributed by atoms with Crippen LogP contribution in [0.15, 0.2) is 54.6 Å². The Morgan fingerprint density at radius 3 is 2.43 bits per heavy atom. The first kappa shape index (κ1) is 26.5. The van der Waals surface area contributed by atoms with Crippen molar-refractivity contribution in [1.29, 1.82) is 0 Å². The number of nitrogens with one attached hydrogen (secondary N) is 1. The number of amides is 2. The monoisotopic (exact) mass is 494 g/mol. The number of carbonyl (C=O) groups is 2. The van der Waals surface area contributed by atoms with Gasteiger partial charge in [-0.05, 0) is 49.1 Å². The number of aryl methyl sites for hydroxylation is 1. The van der Waals surface area contributed by atoms with E-state index < -0.39 is 0 Å². The number of benzene rings is 2. The molecule has 0 aliphatic heterocycles. The number of nitrogens with zero attached hydrogens (tertiary/aromatic N) is 3. The summed E-state index contributed by atoms with van der Waals surface area (Å²) in [5, 5.41) is 8.30. The third-order valence-electron chi connectivity index (χ3n) is 5.76. The van der Waals surface area contributed by atoms with E-state index >= 15 is 0 Å². The minimum absolute atomic E-state index is 0.0676. The summed E-state index contributed by atoms with van der Waals surface area (Å²) < 4.78 is 1.77. The lowest BCUT2D eigenvalue weighted by Crippen LogP contribution is -2.39. The van der Waals surface area contributed by atoms with Gasteiger partial charge in [0.25, 0.3) is 5.91 Å². The number of hydrogen-bond donors (Lipinski definition) is 1. The summed E-state index contributed by atoms with van der Waals surface area (Å²) in [6.07, 6.45) is 0.787. The highest BCUT2D eigenvalue weighted by molar-refractivity contribution is 6.31. The van der Waals surface area contributed by atoms with Crippen molar-refractivity contribution in [2.75, 3.05) is 18.4 Å². The molecule has 0 unspecified atom stereocenters. The minimum Gasteiger partial charge on any atom is -0.329 e. The molecule has 0 aliphatic carbocycles. The highest BCUT2D eigenvalue weighted by Gasteiger charge is 2.24. The number of rotatable bonds is 8. The minimum atomic E-state index is -0.278. The lowest BCUT2D eigenvalue weighted by Gasteiger charge is -2.23. The topological polar surface area (TPSA) is 67.2 Å². The van der Waals surface area contributed by atoms with Crippen LogP contribution in [-0.2, 0) is 10.2 Å². The summed E-state index contributed by atoms with van der Waals surface area (Å²) in [6, 6.07) is 16.6. The van der Waals surface area contributed by atoms with Crippen LogP contribution in [0.1, 0.15) is 62.7 Å². The maximum atomic E-state index is 13.2. The summed E-state index contributed by atoms with van der Waals surface area (Å²) in [6.45, 7) is 12.9. The van der Waals surface area contributed by atoms with Crippen LogP contribution in [0.25, 0.3) is 5.69 Å². The highest BCUT2D eigenvalue weighted by atomic mass is 35.5. The molecule has 0 aliphatic rings. The average molecular weight is 495 g/mol. The molecule has 1 N–H and O–H groups in total. The molecule has 0 saturated carbocycles. The second kappa shape index (κ2) is 11.1. The zero-order valence-corrected chi connectivity index (χ0v) is 22.2. The summed E-state index contributed by atoms with van der Waals surface area (Å²) in [7, 11) is 0. The number of anilines is 1. The van der Waals surface area contributed by atoms with Gasteiger partial charge in [-0.2, -0.15) is 5.10 Å². The SMILES string of the molecule is Cc1ccccc1-n1nc(C(C)(C)C)cc1NC(=O)CN(CCC(C)C)C(=O)c1cccc(Cl)c1. The van der Waals surface area contributed by atoms with E-state index in [9.17, 15) is 9.59 Å². The van der Waals surface area contributed by atoms with Gasteiger partial charge in [0.2, 0.25) is 5.91 Å². The van der Waals surface area contributed by atoms with E-state index in [1.165, 1.54) is 0 Å². The number of halogens is 1. The molecule has 1 aromatic heterocycles. The van der Waals surface area contributed by atoms with Crippen molar-refractivity contribution in [3.05, 3.63) is 76.4 Å². The summed E-state index contributed by atoms with van der Waals surface area (Å²) in [5.74, 6) is 0.475. The van der Waals surface area contributed by atoms with Gasteiger partial charge in [-0.3, -0.25) is 9.59 Å². The molecule has 0 radical (unpaired) electrons. The molecule has 186 valence electrons. The van der Waals surface area contributed by atoms with Crippen LogP contribution < -0.4 is 5.32 Å². The molecule has 0 saturated heterocycles.